The number of carbonyl (C=O) groups excluding carboxylic acids is 1. The van der Waals surface area contributed by atoms with Gasteiger partial charge >= 0.3 is 27.0 Å². The Bertz CT molecular complexity index is 426. The molecule has 0 unspecified atom stereocenters. The van der Waals surface area contributed by atoms with Crippen LogP contribution in [0.25, 0.3) is 0 Å². The summed E-state index contributed by atoms with van der Waals surface area (Å²) in [6.45, 7) is 5.73. The van der Waals surface area contributed by atoms with Gasteiger partial charge in [-0.25, -0.2) is 4.79 Å². The summed E-state index contributed by atoms with van der Waals surface area (Å²) in [5.41, 5.74) is 0. The smallest absolute Gasteiger partial charge is 0.361 e. The molecule has 0 saturated heterocycles. The second-order valence-electron chi connectivity index (χ2n) is 1.76. The van der Waals surface area contributed by atoms with Gasteiger partial charge in [-0.2, -0.15) is 0 Å². The van der Waals surface area contributed by atoms with E-state index in [1.165, 1.54) is 0 Å². The van der Waals surface area contributed by atoms with Gasteiger partial charge in [0.15, 0.2) is 0 Å². The Hall–Kier alpha value is -1.75. The molecule has 0 aliphatic heterocycles. The molecule has 11 heteroatoms. The average Bonchev–Trinajstić information content (AvgIpc) is 1.99. The Balaban J connectivity index is 4.52. The highest BCUT2D eigenvalue weighted by atomic mass is 32.3. The zero-order valence-corrected chi connectivity index (χ0v) is 9.19. The van der Waals surface area contributed by atoms with E-state index in [1.807, 2.05) is 0 Å². The minimum absolute atomic E-state index is 0.442. The zero-order chi connectivity index (χ0) is 12.8. The summed E-state index contributed by atoms with van der Waals surface area (Å²) >= 11 is 0. The van der Waals surface area contributed by atoms with Crippen molar-refractivity contribution in [3.8, 4) is 0 Å². The molecule has 9 nitrogen and oxygen atoms in total. The number of rotatable bonds is 6. The van der Waals surface area contributed by atoms with Crippen molar-refractivity contribution in [2.45, 2.75) is 0 Å². The lowest BCUT2D eigenvalue weighted by atomic mass is 11.2. The van der Waals surface area contributed by atoms with E-state index in [-0.39, 0.29) is 0 Å². The van der Waals surface area contributed by atoms with Gasteiger partial charge in [0, 0.05) is 0 Å². The minimum Gasteiger partial charge on any atom is -0.361 e. The Morgan fingerprint density at radius 3 is 1.44 bits per heavy atom. The van der Waals surface area contributed by atoms with Gasteiger partial charge in [-0.05, 0) is 0 Å². The molecule has 0 rings (SSSR count). The lowest BCUT2D eigenvalue weighted by Crippen LogP contribution is -2.19. The molecule has 0 atom stereocenters. The molecule has 0 bridgehead atoms. The first-order chi connectivity index (χ1) is 7.22. The summed E-state index contributed by atoms with van der Waals surface area (Å²) in [7, 11) is -9.51. The van der Waals surface area contributed by atoms with Crippen molar-refractivity contribution in [1.82, 2.24) is 0 Å². The highest BCUT2D eigenvalue weighted by Crippen LogP contribution is 2.03. The van der Waals surface area contributed by atoms with E-state index in [0.717, 1.165) is 0 Å². The molecule has 0 spiro atoms. The van der Waals surface area contributed by atoms with Crippen molar-refractivity contribution in [3.63, 3.8) is 0 Å². The van der Waals surface area contributed by atoms with Crippen molar-refractivity contribution < 1.29 is 38.4 Å². The van der Waals surface area contributed by atoms with Crippen molar-refractivity contribution in [2.75, 3.05) is 0 Å². The van der Waals surface area contributed by atoms with Crippen LogP contribution in [0.5, 0.6) is 0 Å². The van der Waals surface area contributed by atoms with Crippen molar-refractivity contribution >= 4 is 27.0 Å². The molecule has 0 saturated carbocycles. The van der Waals surface area contributed by atoms with Gasteiger partial charge in [0.2, 0.25) is 0 Å². The highest BCUT2D eigenvalue weighted by Gasteiger charge is 2.25. The molecule has 0 aromatic heterocycles. The fourth-order valence-corrected chi connectivity index (χ4v) is 1.24. The molecule has 16 heavy (non-hydrogen) atoms. The predicted molar refractivity (Wildman–Crippen MR) is 48.0 cm³/mol. The third-order valence-corrected chi connectivity index (χ3v) is 2.14. The van der Waals surface area contributed by atoms with Gasteiger partial charge in [0.1, 0.15) is 12.5 Å². The van der Waals surface area contributed by atoms with E-state index < -0.39 is 27.0 Å². The van der Waals surface area contributed by atoms with E-state index in [0.29, 0.717) is 12.5 Å². The third kappa shape index (κ3) is 5.87. The van der Waals surface area contributed by atoms with Crippen molar-refractivity contribution in [2.24, 2.45) is 0 Å². The largest absolute Gasteiger partial charge is 0.544 e. The second-order valence-corrected chi connectivity index (χ2v) is 4.11. The molecule has 0 radical (unpaired) electrons. The summed E-state index contributed by atoms with van der Waals surface area (Å²) < 4.78 is 56.9. The fourth-order valence-electron chi connectivity index (χ4n) is 0.387. The molecular weight excluding hydrogens is 268 g/mol. The van der Waals surface area contributed by atoms with Gasteiger partial charge in [0.25, 0.3) is 0 Å². The molecular formula is C5H6O9S2. The molecule has 0 aliphatic rings. The average molecular weight is 274 g/mol. The summed E-state index contributed by atoms with van der Waals surface area (Å²) in [6, 6.07) is 0. The second kappa shape index (κ2) is 5.37. The van der Waals surface area contributed by atoms with E-state index in [1.54, 1.807) is 0 Å². The third-order valence-electron chi connectivity index (χ3n) is 0.712. The normalized spacial score (nSPS) is 11.0. The SMILES string of the molecule is C=COS(=O)(=O)OC(=O)OS(=O)(=O)OC=C. The first-order valence-electron chi connectivity index (χ1n) is 3.23. The molecule has 0 N–H and O–H groups in total. The summed E-state index contributed by atoms with van der Waals surface area (Å²) in [5, 5.41) is 0. The quantitative estimate of drug-likeness (QED) is 0.613. The maximum Gasteiger partial charge on any atom is 0.544 e. The van der Waals surface area contributed by atoms with Gasteiger partial charge in [-0.3, -0.25) is 8.37 Å². The lowest BCUT2D eigenvalue weighted by Gasteiger charge is -2.03. The minimum atomic E-state index is -4.76. The standard InChI is InChI=1S/C5H6O9S2/c1-3-11-15(7,8)13-5(6)14-16(9,10)12-4-2/h3-4H,1-2H2. The Kier molecular flexibility index (Phi) is 4.78. The topological polar surface area (TPSA) is 122 Å². The first kappa shape index (κ1) is 14.2. The molecule has 0 aliphatic carbocycles. The van der Waals surface area contributed by atoms with Gasteiger partial charge in [-0.1, -0.05) is 13.2 Å². The number of hydrogen-bond acceptors (Lipinski definition) is 9. The van der Waals surface area contributed by atoms with E-state index in [9.17, 15) is 21.6 Å². The molecule has 92 valence electrons. The van der Waals surface area contributed by atoms with Gasteiger partial charge in [-0.15, -0.1) is 16.8 Å². The zero-order valence-electron chi connectivity index (χ0n) is 7.56. The Morgan fingerprint density at radius 1 is 0.875 bits per heavy atom. The van der Waals surface area contributed by atoms with Crippen LogP contribution >= 0.6 is 0 Å². The van der Waals surface area contributed by atoms with Gasteiger partial charge in [0.05, 0.1) is 0 Å². The maximum atomic E-state index is 10.6. The van der Waals surface area contributed by atoms with Crippen LogP contribution in [0.2, 0.25) is 0 Å². The predicted octanol–water partition coefficient (Wildman–Crippen LogP) is -0.0506. The van der Waals surface area contributed by atoms with Crippen LogP contribution in [0.1, 0.15) is 0 Å². The Morgan fingerprint density at radius 2 is 1.19 bits per heavy atom. The van der Waals surface area contributed by atoms with Gasteiger partial charge < -0.3 is 8.37 Å². The van der Waals surface area contributed by atoms with Crippen LogP contribution in [0.4, 0.5) is 4.79 Å². The highest BCUT2D eigenvalue weighted by molar-refractivity contribution is 7.83. The van der Waals surface area contributed by atoms with Crippen LogP contribution in [0, 0.1) is 0 Å². The van der Waals surface area contributed by atoms with Crippen LogP contribution in [0.15, 0.2) is 25.7 Å². The van der Waals surface area contributed by atoms with Crippen LogP contribution in [-0.4, -0.2) is 23.0 Å². The maximum absolute atomic E-state index is 10.6. The number of hydrogen-bond donors (Lipinski definition) is 0. The lowest BCUT2D eigenvalue weighted by molar-refractivity contribution is 0.143. The van der Waals surface area contributed by atoms with E-state index in [4.69, 9.17) is 0 Å². The van der Waals surface area contributed by atoms with E-state index >= 15 is 0 Å². The van der Waals surface area contributed by atoms with Crippen LogP contribution in [0.3, 0.4) is 0 Å². The van der Waals surface area contributed by atoms with Crippen LogP contribution < -0.4 is 0 Å². The molecule has 0 aromatic rings. The monoisotopic (exact) mass is 274 g/mol. The van der Waals surface area contributed by atoms with Crippen molar-refractivity contribution in [3.05, 3.63) is 25.7 Å². The molecule has 0 amide bonds. The summed E-state index contributed by atoms with van der Waals surface area (Å²) in [5.74, 6) is 0. The molecule has 0 heterocycles. The summed E-state index contributed by atoms with van der Waals surface area (Å²) in [4.78, 5) is 10.6. The Labute approximate surface area is 91.5 Å². The fraction of sp³-hybridized carbons (Fsp3) is 0. The first-order valence-corrected chi connectivity index (χ1v) is 5.90. The van der Waals surface area contributed by atoms with Crippen LogP contribution in [-0.2, 0) is 37.5 Å². The van der Waals surface area contributed by atoms with E-state index in [2.05, 4.69) is 29.9 Å². The number of carbonyl (C=O) groups is 1. The molecule has 0 aromatic carbocycles. The van der Waals surface area contributed by atoms with Crippen molar-refractivity contribution in [1.29, 1.82) is 0 Å². The molecule has 0 fully saturated rings. The summed E-state index contributed by atoms with van der Waals surface area (Å²) in [6.07, 6.45) is -1.20.